The molecule has 1 atom stereocenters. The summed E-state index contributed by atoms with van der Waals surface area (Å²) in [5.41, 5.74) is -0.0386. The molecule has 0 saturated carbocycles. The molecule has 5 heteroatoms. The highest BCUT2D eigenvalue weighted by atomic mass is 16.5. The second-order valence-electron chi connectivity index (χ2n) is 6.84. The van der Waals surface area contributed by atoms with Crippen LogP contribution in [0.1, 0.15) is 42.0 Å². The molecule has 5 nitrogen and oxygen atoms in total. The molecule has 0 aromatic carbocycles. The van der Waals surface area contributed by atoms with Crippen LogP contribution in [0, 0.1) is 6.92 Å². The summed E-state index contributed by atoms with van der Waals surface area (Å²) in [4.78, 5) is 16.6. The molecule has 1 amide bonds. The Morgan fingerprint density at radius 1 is 1.32 bits per heavy atom. The SMILES string of the molecule is Cc1ccc(C(=O)N2CCC3(CC2)CC(N(C)C)CCO3)o1. The lowest BCUT2D eigenvalue weighted by atomic mass is 9.82. The van der Waals surface area contributed by atoms with Crippen LogP contribution in [-0.2, 0) is 4.74 Å². The van der Waals surface area contributed by atoms with Crippen LogP contribution < -0.4 is 0 Å². The van der Waals surface area contributed by atoms with Gasteiger partial charge in [-0.15, -0.1) is 0 Å². The molecule has 0 N–H and O–H groups in total. The smallest absolute Gasteiger partial charge is 0.289 e. The summed E-state index contributed by atoms with van der Waals surface area (Å²) >= 11 is 0. The number of rotatable bonds is 2. The second-order valence-corrected chi connectivity index (χ2v) is 6.84. The fourth-order valence-corrected chi connectivity index (χ4v) is 3.61. The van der Waals surface area contributed by atoms with Gasteiger partial charge in [-0.25, -0.2) is 0 Å². The van der Waals surface area contributed by atoms with Crippen molar-refractivity contribution in [2.24, 2.45) is 0 Å². The van der Waals surface area contributed by atoms with Gasteiger partial charge in [0.2, 0.25) is 0 Å². The van der Waals surface area contributed by atoms with Crippen molar-refractivity contribution >= 4 is 5.91 Å². The maximum absolute atomic E-state index is 12.4. The Labute approximate surface area is 132 Å². The predicted molar refractivity (Wildman–Crippen MR) is 84.0 cm³/mol. The van der Waals surface area contributed by atoms with Crippen molar-refractivity contribution in [1.29, 1.82) is 0 Å². The first-order valence-corrected chi connectivity index (χ1v) is 8.15. The second kappa shape index (κ2) is 6.05. The van der Waals surface area contributed by atoms with E-state index < -0.39 is 0 Å². The highest BCUT2D eigenvalue weighted by Crippen LogP contribution is 2.36. The predicted octanol–water partition coefficient (Wildman–Crippen LogP) is 2.30. The minimum absolute atomic E-state index is 0.00270. The number of likely N-dealkylation sites (tertiary alicyclic amines) is 1. The fraction of sp³-hybridized carbons (Fsp3) is 0.706. The van der Waals surface area contributed by atoms with Crippen LogP contribution in [0.5, 0.6) is 0 Å². The van der Waals surface area contributed by atoms with Gasteiger partial charge in [0.1, 0.15) is 5.76 Å². The maximum Gasteiger partial charge on any atom is 0.289 e. The van der Waals surface area contributed by atoms with Crippen LogP contribution in [0.15, 0.2) is 16.5 Å². The highest BCUT2D eigenvalue weighted by molar-refractivity contribution is 5.91. The van der Waals surface area contributed by atoms with E-state index in [-0.39, 0.29) is 11.5 Å². The number of carbonyl (C=O) groups excluding carboxylic acids is 1. The van der Waals surface area contributed by atoms with Gasteiger partial charge < -0.3 is 19.0 Å². The average Bonchev–Trinajstić information content (AvgIpc) is 2.94. The van der Waals surface area contributed by atoms with Crippen molar-refractivity contribution in [2.75, 3.05) is 33.8 Å². The third-order valence-electron chi connectivity index (χ3n) is 5.11. The zero-order valence-electron chi connectivity index (χ0n) is 13.8. The van der Waals surface area contributed by atoms with E-state index in [9.17, 15) is 4.79 Å². The van der Waals surface area contributed by atoms with Crippen LogP contribution in [0.25, 0.3) is 0 Å². The van der Waals surface area contributed by atoms with E-state index in [1.807, 2.05) is 17.9 Å². The minimum Gasteiger partial charge on any atom is -0.456 e. The molecule has 22 heavy (non-hydrogen) atoms. The topological polar surface area (TPSA) is 45.9 Å². The number of nitrogens with zero attached hydrogens (tertiary/aromatic N) is 2. The summed E-state index contributed by atoms with van der Waals surface area (Å²) < 4.78 is 11.6. The Bertz CT molecular complexity index is 530. The molecule has 2 aliphatic rings. The molecule has 122 valence electrons. The first kappa shape index (κ1) is 15.6. The summed E-state index contributed by atoms with van der Waals surface area (Å²) in [6.45, 7) is 4.19. The van der Waals surface area contributed by atoms with Gasteiger partial charge in [0.25, 0.3) is 5.91 Å². The van der Waals surface area contributed by atoms with Gasteiger partial charge in [0.05, 0.1) is 5.60 Å². The van der Waals surface area contributed by atoms with E-state index in [2.05, 4.69) is 19.0 Å². The number of amides is 1. The van der Waals surface area contributed by atoms with Gasteiger partial charge in [-0.05, 0) is 58.8 Å². The molecule has 1 unspecified atom stereocenters. The van der Waals surface area contributed by atoms with Gasteiger partial charge in [0.15, 0.2) is 5.76 Å². The first-order valence-electron chi connectivity index (χ1n) is 8.15. The lowest BCUT2D eigenvalue weighted by Gasteiger charge is -2.47. The van der Waals surface area contributed by atoms with Crippen molar-refractivity contribution in [3.05, 3.63) is 23.7 Å². The molecule has 1 aromatic heterocycles. The highest BCUT2D eigenvalue weighted by Gasteiger charge is 2.41. The number of hydrogen-bond acceptors (Lipinski definition) is 4. The first-order chi connectivity index (χ1) is 10.5. The molecular weight excluding hydrogens is 280 g/mol. The zero-order valence-corrected chi connectivity index (χ0v) is 13.8. The lowest BCUT2D eigenvalue weighted by Crippen LogP contribution is -2.53. The molecule has 2 fully saturated rings. The number of carbonyl (C=O) groups is 1. The monoisotopic (exact) mass is 306 g/mol. The van der Waals surface area contributed by atoms with Crippen molar-refractivity contribution in [2.45, 2.75) is 44.2 Å². The van der Waals surface area contributed by atoms with E-state index in [1.165, 1.54) is 0 Å². The van der Waals surface area contributed by atoms with E-state index in [0.717, 1.165) is 51.1 Å². The van der Waals surface area contributed by atoms with Crippen molar-refractivity contribution < 1.29 is 13.9 Å². The van der Waals surface area contributed by atoms with Gasteiger partial charge in [-0.1, -0.05) is 0 Å². The molecule has 0 radical (unpaired) electrons. The molecule has 1 aromatic rings. The van der Waals surface area contributed by atoms with Crippen molar-refractivity contribution in [1.82, 2.24) is 9.80 Å². The summed E-state index contributed by atoms with van der Waals surface area (Å²) in [7, 11) is 4.28. The van der Waals surface area contributed by atoms with Gasteiger partial charge in [0, 0.05) is 25.7 Å². The molecule has 1 spiro atoms. The quantitative estimate of drug-likeness (QED) is 0.841. The molecule has 3 rings (SSSR count). The molecule has 3 heterocycles. The summed E-state index contributed by atoms with van der Waals surface area (Å²) in [5.74, 6) is 1.23. The van der Waals surface area contributed by atoms with Crippen LogP contribution in [-0.4, -0.2) is 61.1 Å². The molecule has 0 aliphatic carbocycles. The Morgan fingerprint density at radius 2 is 2.05 bits per heavy atom. The van der Waals surface area contributed by atoms with Crippen molar-refractivity contribution in [3.8, 4) is 0 Å². The van der Waals surface area contributed by atoms with E-state index in [0.29, 0.717) is 11.8 Å². The van der Waals surface area contributed by atoms with E-state index in [4.69, 9.17) is 9.15 Å². The minimum atomic E-state index is -0.0386. The third kappa shape index (κ3) is 3.06. The maximum atomic E-state index is 12.4. The van der Waals surface area contributed by atoms with Crippen LogP contribution in [0.3, 0.4) is 0 Å². The zero-order chi connectivity index (χ0) is 15.7. The Kier molecular flexibility index (Phi) is 4.28. The lowest BCUT2D eigenvalue weighted by molar-refractivity contribution is -0.126. The largest absolute Gasteiger partial charge is 0.456 e. The van der Waals surface area contributed by atoms with Crippen LogP contribution in [0.4, 0.5) is 0 Å². The Morgan fingerprint density at radius 3 is 2.64 bits per heavy atom. The summed E-state index contributed by atoms with van der Waals surface area (Å²) in [6.07, 6.45) is 4.01. The summed E-state index contributed by atoms with van der Waals surface area (Å²) in [6, 6.07) is 4.19. The third-order valence-corrected chi connectivity index (χ3v) is 5.11. The normalized spacial score (nSPS) is 24.9. The molecule has 2 aliphatic heterocycles. The number of ether oxygens (including phenoxy) is 1. The van der Waals surface area contributed by atoms with Crippen LogP contribution in [0.2, 0.25) is 0 Å². The van der Waals surface area contributed by atoms with Crippen LogP contribution >= 0.6 is 0 Å². The summed E-state index contributed by atoms with van der Waals surface area (Å²) in [5, 5.41) is 0. The number of furan rings is 1. The number of piperidine rings is 1. The average molecular weight is 306 g/mol. The fourth-order valence-electron chi connectivity index (χ4n) is 3.61. The van der Waals surface area contributed by atoms with Gasteiger partial charge in [-0.3, -0.25) is 4.79 Å². The number of hydrogen-bond donors (Lipinski definition) is 0. The number of aryl methyl sites for hydroxylation is 1. The molecule has 2 saturated heterocycles. The Balaban J connectivity index is 1.61. The van der Waals surface area contributed by atoms with E-state index >= 15 is 0 Å². The molecule has 0 bridgehead atoms. The van der Waals surface area contributed by atoms with Gasteiger partial charge in [-0.2, -0.15) is 0 Å². The van der Waals surface area contributed by atoms with Gasteiger partial charge >= 0.3 is 0 Å². The standard InChI is InChI=1S/C17H26N2O3/c1-13-4-5-15(22-13)16(20)19-9-7-17(8-10-19)12-14(18(2)3)6-11-21-17/h4-5,14H,6-12H2,1-3H3. The Hall–Kier alpha value is -1.33. The molecular formula is C17H26N2O3. The van der Waals surface area contributed by atoms with Crippen molar-refractivity contribution in [3.63, 3.8) is 0 Å². The van der Waals surface area contributed by atoms with E-state index in [1.54, 1.807) is 6.07 Å².